The van der Waals surface area contributed by atoms with Crippen LogP contribution in [0.5, 0.6) is 11.5 Å². The third-order valence-corrected chi connectivity index (χ3v) is 3.90. The number of fused-ring (bicyclic) bond motifs is 1. The van der Waals surface area contributed by atoms with Gasteiger partial charge in [-0.15, -0.1) is 0 Å². The zero-order valence-corrected chi connectivity index (χ0v) is 13.1. The molecule has 0 N–H and O–H groups in total. The molecular formula is C15H12ClIO2. The molecule has 0 saturated heterocycles. The molecule has 2 aromatic rings. The fourth-order valence-corrected chi connectivity index (χ4v) is 2.95. The van der Waals surface area contributed by atoms with Gasteiger partial charge in [0.05, 0.1) is 6.61 Å². The zero-order chi connectivity index (χ0) is 13.2. The SMILES string of the molecule is Clc1cc2c(c(COc3cccc(I)c3)c1)OCC2. The maximum Gasteiger partial charge on any atom is 0.129 e. The van der Waals surface area contributed by atoms with Gasteiger partial charge in [0.15, 0.2) is 0 Å². The highest BCUT2D eigenvalue weighted by molar-refractivity contribution is 14.1. The summed E-state index contributed by atoms with van der Waals surface area (Å²) >= 11 is 8.39. The van der Waals surface area contributed by atoms with Crippen LogP contribution >= 0.6 is 34.2 Å². The van der Waals surface area contributed by atoms with Gasteiger partial charge >= 0.3 is 0 Å². The van der Waals surface area contributed by atoms with Crippen molar-refractivity contribution in [2.24, 2.45) is 0 Å². The van der Waals surface area contributed by atoms with E-state index in [4.69, 9.17) is 21.1 Å². The molecule has 0 bridgehead atoms. The van der Waals surface area contributed by atoms with Crippen LogP contribution in [0, 0.1) is 3.57 Å². The minimum atomic E-state index is 0.475. The minimum Gasteiger partial charge on any atom is -0.493 e. The molecule has 0 fully saturated rings. The third kappa shape index (κ3) is 2.98. The van der Waals surface area contributed by atoms with Crippen LogP contribution in [0.1, 0.15) is 11.1 Å². The molecule has 0 aliphatic carbocycles. The van der Waals surface area contributed by atoms with Crippen molar-refractivity contribution in [2.75, 3.05) is 6.61 Å². The Bertz CT molecular complexity index is 613. The first-order chi connectivity index (χ1) is 9.22. The number of rotatable bonds is 3. The topological polar surface area (TPSA) is 18.5 Å². The second-order valence-electron chi connectivity index (χ2n) is 4.40. The van der Waals surface area contributed by atoms with Gasteiger partial charge in [0.25, 0.3) is 0 Å². The van der Waals surface area contributed by atoms with Crippen LogP contribution in [0.2, 0.25) is 5.02 Å². The Morgan fingerprint density at radius 3 is 3.00 bits per heavy atom. The van der Waals surface area contributed by atoms with Gasteiger partial charge < -0.3 is 9.47 Å². The van der Waals surface area contributed by atoms with Crippen molar-refractivity contribution >= 4 is 34.2 Å². The van der Waals surface area contributed by atoms with E-state index in [0.717, 1.165) is 38.7 Å². The average Bonchev–Trinajstić information content (AvgIpc) is 2.84. The lowest BCUT2D eigenvalue weighted by molar-refractivity contribution is 0.292. The number of benzene rings is 2. The number of hydrogen-bond donors (Lipinski definition) is 0. The van der Waals surface area contributed by atoms with Crippen molar-refractivity contribution < 1.29 is 9.47 Å². The van der Waals surface area contributed by atoms with Gasteiger partial charge in [-0.3, -0.25) is 0 Å². The molecule has 2 aromatic carbocycles. The fourth-order valence-electron chi connectivity index (χ4n) is 2.17. The van der Waals surface area contributed by atoms with Gasteiger partial charge in [-0.2, -0.15) is 0 Å². The summed E-state index contributed by atoms with van der Waals surface area (Å²) in [6.07, 6.45) is 0.923. The summed E-state index contributed by atoms with van der Waals surface area (Å²) in [5, 5.41) is 0.741. The van der Waals surface area contributed by atoms with E-state index < -0.39 is 0 Å². The predicted octanol–water partition coefficient (Wildman–Crippen LogP) is 4.46. The first-order valence-corrected chi connectivity index (χ1v) is 7.50. The summed E-state index contributed by atoms with van der Waals surface area (Å²) in [6, 6.07) is 11.9. The summed E-state index contributed by atoms with van der Waals surface area (Å²) in [5.74, 6) is 1.80. The fraction of sp³-hybridized carbons (Fsp3) is 0.200. The maximum atomic E-state index is 6.12. The van der Waals surface area contributed by atoms with E-state index >= 15 is 0 Å². The van der Waals surface area contributed by atoms with Crippen LogP contribution in [0.15, 0.2) is 36.4 Å². The monoisotopic (exact) mass is 386 g/mol. The molecule has 1 aliphatic heterocycles. The highest BCUT2D eigenvalue weighted by atomic mass is 127. The number of halogens is 2. The summed E-state index contributed by atoms with van der Waals surface area (Å²) in [5.41, 5.74) is 2.19. The molecular weight excluding hydrogens is 375 g/mol. The molecule has 2 nitrogen and oxygen atoms in total. The number of ether oxygens (including phenoxy) is 2. The van der Waals surface area contributed by atoms with Crippen LogP contribution in [0.3, 0.4) is 0 Å². The standard InChI is InChI=1S/C15H12ClIO2/c16-12-6-10-4-5-18-15(10)11(7-12)9-19-14-3-1-2-13(17)8-14/h1-3,6-8H,4-5,9H2. The van der Waals surface area contributed by atoms with Gasteiger partial charge in [-0.05, 0) is 58.5 Å². The highest BCUT2D eigenvalue weighted by Gasteiger charge is 2.17. The van der Waals surface area contributed by atoms with E-state index in [2.05, 4.69) is 22.6 Å². The van der Waals surface area contributed by atoms with E-state index in [1.807, 2.05) is 36.4 Å². The molecule has 0 amide bonds. The maximum absolute atomic E-state index is 6.12. The van der Waals surface area contributed by atoms with Crippen LogP contribution < -0.4 is 9.47 Å². The third-order valence-electron chi connectivity index (χ3n) is 3.02. The Morgan fingerprint density at radius 1 is 1.26 bits per heavy atom. The Balaban J connectivity index is 1.81. The van der Waals surface area contributed by atoms with E-state index in [9.17, 15) is 0 Å². The quantitative estimate of drug-likeness (QED) is 0.725. The Kier molecular flexibility index (Phi) is 3.84. The van der Waals surface area contributed by atoms with Gasteiger partial charge in [0, 0.05) is 20.6 Å². The van der Waals surface area contributed by atoms with Crippen LogP contribution in [-0.4, -0.2) is 6.61 Å². The summed E-state index contributed by atoms with van der Waals surface area (Å²) in [7, 11) is 0. The molecule has 1 heterocycles. The van der Waals surface area contributed by atoms with Crippen molar-refractivity contribution in [3.63, 3.8) is 0 Å². The number of hydrogen-bond acceptors (Lipinski definition) is 2. The van der Waals surface area contributed by atoms with Gasteiger partial charge in [0.2, 0.25) is 0 Å². The average molecular weight is 387 g/mol. The molecule has 4 heteroatoms. The molecule has 1 aliphatic rings. The lowest BCUT2D eigenvalue weighted by Gasteiger charge is -2.11. The van der Waals surface area contributed by atoms with E-state index in [0.29, 0.717) is 6.61 Å². The largest absolute Gasteiger partial charge is 0.493 e. The molecule has 98 valence electrons. The van der Waals surface area contributed by atoms with Gasteiger partial charge in [0.1, 0.15) is 18.1 Å². The highest BCUT2D eigenvalue weighted by Crippen LogP contribution is 2.33. The molecule has 0 spiro atoms. The van der Waals surface area contributed by atoms with Crippen LogP contribution in [0.25, 0.3) is 0 Å². The molecule has 0 unspecified atom stereocenters. The molecule has 0 atom stereocenters. The minimum absolute atomic E-state index is 0.475. The Morgan fingerprint density at radius 2 is 2.16 bits per heavy atom. The van der Waals surface area contributed by atoms with Crippen molar-refractivity contribution in [3.8, 4) is 11.5 Å². The Hall–Kier alpha value is -0.940. The Labute approximate surface area is 130 Å². The summed E-state index contributed by atoms with van der Waals surface area (Å²) in [4.78, 5) is 0. The van der Waals surface area contributed by atoms with Crippen LogP contribution in [0.4, 0.5) is 0 Å². The molecule has 0 saturated carbocycles. The first-order valence-electron chi connectivity index (χ1n) is 6.05. The normalized spacial score (nSPS) is 12.9. The summed E-state index contributed by atoms with van der Waals surface area (Å²) in [6.45, 7) is 1.20. The van der Waals surface area contributed by atoms with Gasteiger partial charge in [-0.1, -0.05) is 17.7 Å². The molecule has 0 aromatic heterocycles. The smallest absolute Gasteiger partial charge is 0.129 e. The second-order valence-corrected chi connectivity index (χ2v) is 6.08. The van der Waals surface area contributed by atoms with Crippen molar-refractivity contribution in [1.29, 1.82) is 0 Å². The van der Waals surface area contributed by atoms with Crippen molar-refractivity contribution in [1.82, 2.24) is 0 Å². The zero-order valence-electron chi connectivity index (χ0n) is 10.2. The van der Waals surface area contributed by atoms with E-state index in [-0.39, 0.29) is 0 Å². The summed E-state index contributed by atoms with van der Waals surface area (Å²) < 4.78 is 12.6. The predicted molar refractivity (Wildman–Crippen MR) is 84.1 cm³/mol. The molecule has 19 heavy (non-hydrogen) atoms. The molecule has 3 rings (SSSR count). The van der Waals surface area contributed by atoms with Crippen molar-refractivity contribution in [2.45, 2.75) is 13.0 Å². The second kappa shape index (κ2) is 5.59. The lowest BCUT2D eigenvalue weighted by Crippen LogP contribution is -1.99. The van der Waals surface area contributed by atoms with E-state index in [1.165, 1.54) is 5.56 Å². The first kappa shape index (κ1) is 13.1. The van der Waals surface area contributed by atoms with Gasteiger partial charge in [-0.25, -0.2) is 0 Å². The van der Waals surface area contributed by atoms with Crippen molar-refractivity contribution in [3.05, 3.63) is 56.1 Å². The lowest BCUT2D eigenvalue weighted by atomic mass is 10.1. The van der Waals surface area contributed by atoms with E-state index in [1.54, 1.807) is 0 Å². The van der Waals surface area contributed by atoms with Crippen LogP contribution in [-0.2, 0) is 13.0 Å². The molecule has 0 radical (unpaired) electrons.